The molecule has 21 heavy (non-hydrogen) atoms. The molecule has 1 atom stereocenters. The van der Waals surface area contributed by atoms with Crippen LogP contribution in [0, 0.1) is 0 Å². The number of rotatable bonds is 3. The van der Waals surface area contributed by atoms with E-state index in [0.29, 0.717) is 13.2 Å². The zero-order valence-electron chi connectivity index (χ0n) is 11.6. The molecule has 1 saturated heterocycles. The molecule has 0 spiro atoms. The van der Waals surface area contributed by atoms with E-state index in [9.17, 15) is 9.59 Å². The van der Waals surface area contributed by atoms with Crippen LogP contribution in [0.15, 0.2) is 34.8 Å². The summed E-state index contributed by atoms with van der Waals surface area (Å²) < 4.78 is 10.9. The van der Waals surface area contributed by atoms with Crippen LogP contribution in [0.3, 0.4) is 0 Å². The third kappa shape index (κ3) is 4.41. The number of morpholine rings is 1. The van der Waals surface area contributed by atoms with Crippen LogP contribution < -0.4 is 0 Å². The van der Waals surface area contributed by atoms with E-state index in [1.54, 1.807) is 11.0 Å². The number of carbonyl (C=O) groups is 2. The Balaban J connectivity index is 1.98. The van der Waals surface area contributed by atoms with Gasteiger partial charge in [0.25, 0.3) is 0 Å². The van der Waals surface area contributed by atoms with Gasteiger partial charge in [-0.05, 0) is 23.8 Å². The third-order valence-electron chi connectivity index (χ3n) is 3.11. The molecule has 6 heteroatoms. The van der Waals surface area contributed by atoms with Crippen LogP contribution in [0.2, 0.25) is 0 Å². The molecule has 1 amide bonds. The quantitative estimate of drug-likeness (QED) is 0.614. The second kappa shape index (κ2) is 7.38. The van der Waals surface area contributed by atoms with Crippen molar-refractivity contribution in [3.8, 4) is 0 Å². The van der Waals surface area contributed by atoms with Gasteiger partial charge < -0.3 is 14.4 Å². The van der Waals surface area contributed by atoms with E-state index in [1.165, 1.54) is 13.2 Å². The first kappa shape index (κ1) is 15.7. The van der Waals surface area contributed by atoms with Gasteiger partial charge in [-0.25, -0.2) is 4.79 Å². The Morgan fingerprint density at radius 2 is 2.29 bits per heavy atom. The van der Waals surface area contributed by atoms with E-state index in [0.717, 1.165) is 10.0 Å². The molecule has 0 bridgehead atoms. The topological polar surface area (TPSA) is 55.8 Å². The van der Waals surface area contributed by atoms with Crippen molar-refractivity contribution in [1.29, 1.82) is 0 Å². The first-order chi connectivity index (χ1) is 10.1. The fraction of sp³-hybridized carbons (Fsp3) is 0.333. The molecule has 0 aromatic heterocycles. The summed E-state index contributed by atoms with van der Waals surface area (Å²) in [6.07, 6.45) is 2.55. The minimum atomic E-state index is -0.702. The van der Waals surface area contributed by atoms with Crippen LogP contribution in [0.5, 0.6) is 0 Å². The Labute approximate surface area is 131 Å². The summed E-state index contributed by atoms with van der Waals surface area (Å²) in [4.78, 5) is 25.2. The van der Waals surface area contributed by atoms with E-state index in [2.05, 4.69) is 20.7 Å². The van der Waals surface area contributed by atoms with Gasteiger partial charge in [-0.15, -0.1) is 0 Å². The maximum Gasteiger partial charge on any atom is 0.336 e. The van der Waals surface area contributed by atoms with Crippen molar-refractivity contribution in [2.24, 2.45) is 0 Å². The second-order valence-electron chi connectivity index (χ2n) is 4.56. The van der Waals surface area contributed by atoms with Crippen LogP contribution in [-0.2, 0) is 19.1 Å². The maximum atomic E-state index is 12.1. The molecular weight excluding hydrogens is 338 g/mol. The smallest absolute Gasteiger partial charge is 0.336 e. The summed E-state index contributed by atoms with van der Waals surface area (Å²) in [6.45, 7) is 1.01. The predicted octanol–water partition coefficient (Wildman–Crippen LogP) is 1.86. The van der Waals surface area contributed by atoms with Crippen LogP contribution in [-0.4, -0.2) is 49.7 Å². The zero-order chi connectivity index (χ0) is 15.2. The SMILES string of the molecule is COC(=O)C1CN(C(=O)/C=C/c2cccc(Br)c2)CCO1. The summed E-state index contributed by atoms with van der Waals surface area (Å²) in [6, 6.07) is 7.64. The fourth-order valence-corrected chi connectivity index (χ4v) is 2.42. The second-order valence-corrected chi connectivity index (χ2v) is 5.47. The van der Waals surface area contributed by atoms with E-state index in [-0.39, 0.29) is 12.5 Å². The number of benzene rings is 1. The molecular formula is C15H16BrNO4. The summed E-state index contributed by atoms with van der Waals surface area (Å²) >= 11 is 3.38. The molecule has 1 aromatic rings. The zero-order valence-corrected chi connectivity index (χ0v) is 13.2. The van der Waals surface area contributed by atoms with Crippen molar-refractivity contribution in [3.63, 3.8) is 0 Å². The minimum absolute atomic E-state index is 0.146. The van der Waals surface area contributed by atoms with Gasteiger partial charge in [0.05, 0.1) is 20.3 Å². The van der Waals surface area contributed by atoms with Crippen molar-refractivity contribution in [3.05, 3.63) is 40.4 Å². The summed E-state index contributed by atoms with van der Waals surface area (Å²) in [5.41, 5.74) is 0.926. The van der Waals surface area contributed by atoms with Gasteiger partial charge in [0, 0.05) is 17.1 Å². The molecule has 1 unspecified atom stereocenters. The van der Waals surface area contributed by atoms with Gasteiger partial charge >= 0.3 is 5.97 Å². The lowest BCUT2D eigenvalue weighted by atomic mass is 10.2. The van der Waals surface area contributed by atoms with Crippen molar-refractivity contribution in [1.82, 2.24) is 4.90 Å². The molecule has 112 valence electrons. The van der Waals surface area contributed by atoms with E-state index < -0.39 is 12.1 Å². The standard InChI is InChI=1S/C15H16BrNO4/c1-20-15(19)13-10-17(7-8-21-13)14(18)6-5-11-3-2-4-12(16)9-11/h2-6,9,13H,7-8,10H2,1H3/b6-5+. The van der Waals surface area contributed by atoms with Crippen molar-refractivity contribution >= 4 is 33.9 Å². The van der Waals surface area contributed by atoms with Gasteiger partial charge in [-0.3, -0.25) is 4.79 Å². The normalized spacial score (nSPS) is 18.8. The number of hydrogen-bond donors (Lipinski definition) is 0. The average Bonchev–Trinajstić information content (AvgIpc) is 2.52. The fourth-order valence-electron chi connectivity index (χ4n) is 2.01. The first-order valence-electron chi connectivity index (χ1n) is 6.52. The summed E-state index contributed by atoms with van der Waals surface area (Å²) in [5.74, 6) is -0.601. The number of esters is 1. The third-order valence-corrected chi connectivity index (χ3v) is 3.60. The molecule has 1 fully saturated rings. The van der Waals surface area contributed by atoms with E-state index in [4.69, 9.17) is 4.74 Å². The average molecular weight is 354 g/mol. The Morgan fingerprint density at radius 1 is 1.48 bits per heavy atom. The number of ether oxygens (including phenoxy) is 2. The molecule has 1 aromatic carbocycles. The molecule has 1 aliphatic rings. The molecule has 0 radical (unpaired) electrons. The molecule has 0 N–H and O–H groups in total. The predicted molar refractivity (Wildman–Crippen MR) is 81.5 cm³/mol. The van der Waals surface area contributed by atoms with Crippen LogP contribution >= 0.6 is 15.9 Å². The van der Waals surface area contributed by atoms with Gasteiger partial charge in [0.15, 0.2) is 6.10 Å². The summed E-state index contributed by atoms with van der Waals surface area (Å²) in [7, 11) is 1.31. The molecule has 5 nitrogen and oxygen atoms in total. The Kier molecular flexibility index (Phi) is 5.52. The lowest BCUT2D eigenvalue weighted by Crippen LogP contribution is -2.48. The van der Waals surface area contributed by atoms with Gasteiger partial charge in [0.2, 0.25) is 5.91 Å². The molecule has 1 heterocycles. The van der Waals surface area contributed by atoms with Crippen molar-refractivity contribution < 1.29 is 19.1 Å². The minimum Gasteiger partial charge on any atom is -0.467 e. The highest BCUT2D eigenvalue weighted by molar-refractivity contribution is 9.10. The lowest BCUT2D eigenvalue weighted by molar-refractivity contribution is -0.161. The number of carbonyl (C=O) groups excluding carboxylic acids is 2. The van der Waals surface area contributed by atoms with Crippen LogP contribution in [0.4, 0.5) is 0 Å². The van der Waals surface area contributed by atoms with Crippen molar-refractivity contribution in [2.45, 2.75) is 6.10 Å². The number of methoxy groups -OCH3 is 1. The molecule has 2 rings (SSSR count). The van der Waals surface area contributed by atoms with Crippen LogP contribution in [0.25, 0.3) is 6.08 Å². The Hall–Kier alpha value is -1.66. The highest BCUT2D eigenvalue weighted by Gasteiger charge is 2.28. The van der Waals surface area contributed by atoms with Gasteiger partial charge in [-0.2, -0.15) is 0 Å². The van der Waals surface area contributed by atoms with E-state index >= 15 is 0 Å². The number of halogens is 1. The highest BCUT2D eigenvalue weighted by atomic mass is 79.9. The van der Waals surface area contributed by atoms with Crippen LogP contribution in [0.1, 0.15) is 5.56 Å². The first-order valence-corrected chi connectivity index (χ1v) is 7.31. The monoisotopic (exact) mass is 353 g/mol. The molecule has 0 aliphatic carbocycles. The largest absolute Gasteiger partial charge is 0.467 e. The number of nitrogens with zero attached hydrogens (tertiary/aromatic N) is 1. The van der Waals surface area contributed by atoms with Gasteiger partial charge in [-0.1, -0.05) is 28.1 Å². The van der Waals surface area contributed by atoms with E-state index in [1.807, 2.05) is 24.3 Å². The Bertz CT molecular complexity index is 558. The Morgan fingerprint density at radius 3 is 3.00 bits per heavy atom. The van der Waals surface area contributed by atoms with Crippen molar-refractivity contribution in [2.75, 3.05) is 26.8 Å². The molecule has 0 saturated carbocycles. The lowest BCUT2D eigenvalue weighted by Gasteiger charge is -2.30. The van der Waals surface area contributed by atoms with Gasteiger partial charge in [0.1, 0.15) is 0 Å². The number of hydrogen-bond acceptors (Lipinski definition) is 4. The number of amides is 1. The highest BCUT2D eigenvalue weighted by Crippen LogP contribution is 2.13. The summed E-state index contributed by atoms with van der Waals surface area (Å²) in [5, 5.41) is 0. The maximum absolute atomic E-state index is 12.1. The molecule has 1 aliphatic heterocycles.